The third kappa shape index (κ3) is 1.93. The first-order chi connectivity index (χ1) is 6.81. The van der Waals surface area contributed by atoms with Crippen molar-refractivity contribution in [3.63, 3.8) is 0 Å². The van der Waals surface area contributed by atoms with E-state index in [-0.39, 0.29) is 11.6 Å². The Morgan fingerprint density at radius 3 is 3.21 bits per heavy atom. The van der Waals surface area contributed by atoms with Crippen LogP contribution in [0.4, 0.5) is 0 Å². The van der Waals surface area contributed by atoms with Crippen LogP contribution >= 0.6 is 0 Å². The van der Waals surface area contributed by atoms with Crippen molar-refractivity contribution in [3.05, 3.63) is 17.5 Å². The van der Waals surface area contributed by atoms with Gasteiger partial charge in [-0.25, -0.2) is 5.48 Å². The molecule has 1 saturated carbocycles. The molecule has 0 saturated heterocycles. The van der Waals surface area contributed by atoms with Crippen molar-refractivity contribution in [2.45, 2.75) is 25.7 Å². The van der Waals surface area contributed by atoms with Gasteiger partial charge in [-0.05, 0) is 19.8 Å². The highest BCUT2D eigenvalue weighted by atomic mass is 16.6. The molecule has 5 nitrogen and oxygen atoms in total. The quantitative estimate of drug-likeness (QED) is 0.735. The monoisotopic (exact) mass is 196 g/mol. The van der Waals surface area contributed by atoms with Gasteiger partial charge in [-0.15, -0.1) is 0 Å². The first kappa shape index (κ1) is 9.21. The van der Waals surface area contributed by atoms with E-state index in [0.29, 0.717) is 12.5 Å². The van der Waals surface area contributed by atoms with E-state index in [9.17, 15) is 4.79 Å². The highest BCUT2D eigenvalue weighted by molar-refractivity contribution is 5.91. The van der Waals surface area contributed by atoms with Crippen molar-refractivity contribution >= 4 is 5.91 Å². The minimum Gasteiger partial charge on any atom is -0.360 e. The lowest BCUT2D eigenvalue weighted by Crippen LogP contribution is -2.23. The zero-order chi connectivity index (χ0) is 9.97. The van der Waals surface area contributed by atoms with Crippen molar-refractivity contribution in [2.75, 3.05) is 6.61 Å². The first-order valence-electron chi connectivity index (χ1n) is 4.70. The standard InChI is InChI=1S/C9H12N2O3/c1-2-13-11-9(12)7-5-8(14-10-7)6-3-4-6/h5-6H,2-4H2,1H3,(H,11,12). The number of carbonyl (C=O) groups is 1. The van der Waals surface area contributed by atoms with Crippen LogP contribution in [0.5, 0.6) is 0 Å². The Morgan fingerprint density at radius 1 is 1.79 bits per heavy atom. The summed E-state index contributed by atoms with van der Waals surface area (Å²) in [5.74, 6) is 0.908. The Bertz CT molecular complexity index is 331. The summed E-state index contributed by atoms with van der Waals surface area (Å²) in [6.45, 7) is 2.22. The van der Waals surface area contributed by atoms with Crippen molar-refractivity contribution < 1.29 is 14.2 Å². The van der Waals surface area contributed by atoms with Crippen LogP contribution in [0.15, 0.2) is 10.6 Å². The number of hydrogen-bond acceptors (Lipinski definition) is 4. The molecule has 76 valence electrons. The summed E-state index contributed by atoms with van der Waals surface area (Å²) >= 11 is 0. The number of nitrogens with zero attached hydrogens (tertiary/aromatic N) is 1. The van der Waals surface area contributed by atoms with Crippen LogP contribution in [0.2, 0.25) is 0 Å². The second-order valence-corrected chi connectivity index (χ2v) is 3.25. The smallest absolute Gasteiger partial charge is 0.297 e. The van der Waals surface area contributed by atoms with E-state index in [1.165, 1.54) is 0 Å². The molecule has 1 heterocycles. The second-order valence-electron chi connectivity index (χ2n) is 3.25. The van der Waals surface area contributed by atoms with Gasteiger partial charge in [-0.3, -0.25) is 9.63 Å². The maximum Gasteiger partial charge on any atom is 0.297 e. The summed E-state index contributed by atoms with van der Waals surface area (Å²) in [6, 6.07) is 1.67. The summed E-state index contributed by atoms with van der Waals surface area (Å²) in [4.78, 5) is 16.1. The molecule has 14 heavy (non-hydrogen) atoms. The van der Waals surface area contributed by atoms with Gasteiger partial charge in [0.25, 0.3) is 5.91 Å². The van der Waals surface area contributed by atoms with Gasteiger partial charge in [-0.1, -0.05) is 5.16 Å². The Morgan fingerprint density at radius 2 is 2.57 bits per heavy atom. The lowest BCUT2D eigenvalue weighted by molar-refractivity contribution is 0.0356. The molecular weight excluding hydrogens is 184 g/mol. The fourth-order valence-electron chi connectivity index (χ4n) is 1.15. The lowest BCUT2D eigenvalue weighted by atomic mass is 10.3. The van der Waals surface area contributed by atoms with E-state index in [1.807, 2.05) is 0 Å². The average molecular weight is 196 g/mol. The minimum atomic E-state index is -0.359. The van der Waals surface area contributed by atoms with Crippen LogP contribution in [0.25, 0.3) is 0 Å². The molecule has 0 aromatic carbocycles. The zero-order valence-electron chi connectivity index (χ0n) is 7.95. The summed E-state index contributed by atoms with van der Waals surface area (Å²) in [5, 5.41) is 3.66. The summed E-state index contributed by atoms with van der Waals surface area (Å²) in [7, 11) is 0. The highest BCUT2D eigenvalue weighted by Crippen LogP contribution is 2.40. The Labute approximate surface area is 81.4 Å². The number of hydrogen-bond donors (Lipinski definition) is 1. The second kappa shape index (κ2) is 3.79. The largest absolute Gasteiger partial charge is 0.360 e. The summed E-state index contributed by atoms with van der Waals surface area (Å²) in [6.07, 6.45) is 2.25. The van der Waals surface area contributed by atoms with Gasteiger partial charge in [0.2, 0.25) is 0 Å². The third-order valence-electron chi connectivity index (χ3n) is 2.05. The fourth-order valence-corrected chi connectivity index (χ4v) is 1.15. The number of carbonyl (C=O) groups excluding carboxylic acids is 1. The first-order valence-corrected chi connectivity index (χ1v) is 4.70. The van der Waals surface area contributed by atoms with Gasteiger partial charge in [-0.2, -0.15) is 0 Å². The minimum absolute atomic E-state index is 0.278. The maximum atomic E-state index is 11.3. The molecule has 0 aliphatic heterocycles. The molecule has 1 aliphatic carbocycles. The molecule has 1 amide bonds. The molecule has 1 aromatic rings. The molecule has 1 fully saturated rings. The van der Waals surface area contributed by atoms with Gasteiger partial charge in [0.15, 0.2) is 5.69 Å². The van der Waals surface area contributed by atoms with Gasteiger partial charge in [0.1, 0.15) is 5.76 Å². The fraction of sp³-hybridized carbons (Fsp3) is 0.556. The van der Waals surface area contributed by atoms with Crippen molar-refractivity contribution in [1.82, 2.24) is 10.6 Å². The number of rotatable bonds is 4. The molecular formula is C9H12N2O3. The van der Waals surface area contributed by atoms with Gasteiger partial charge < -0.3 is 4.52 Å². The zero-order valence-corrected chi connectivity index (χ0v) is 7.95. The molecule has 0 spiro atoms. The Kier molecular flexibility index (Phi) is 2.49. The van der Waals surface area contributed by atoms with Crippen LogP contribution in [0.3, 0.4) is 0 Å². The number of hydroxylamine groups is 1. The van der Waals surface area contributed by atoms with Crippen molar-refractivity contribution in [1.29, 1.82) is 0 Å². The predicted octanol–water partition coefficient (Wildman–Crippen LogP) is 1.23. The number of aromatic nitrogens is 1. The molecule has 0 atom stereocenters. The maximum absolute atomic E-state index is 11.3. The van der Waals surface area contributed by atoms with Crippen LogP contribution in [-0.2, 0) is 4.84 Å². The average Bonchev–Trinajstić information content (AvgIpc) is 2.93. The molecule has 1 N–H and O–H groups in total. The van der Waals surface area contributed by atoms with E-state index >= 15 is 0 Å². The van der Waals surface area contributed by atoms with E-state index in [4.69, 9.17) is 9.36 Å². The van der Waals surface area contributed by atoms with Crippen LogP contribution in [-0.4, -0.2) is 17.7 Å². The molecule has 1 aliphatic rings. The predicted molar refractivity (Wildman–Crippen MR) is 47.6 cm³/mol. The van der Waals surface area contributed by atoms with Crippen molar-refractivity contribution in [2.24, 2.45) is 0 Å². The third-order valence-corrected chi connectivity index (χ3v) is 2.05. The lowest BCUT2D eigenvalue weighted by Gasteiger charge is -1.98. The highest BCUT2D eigenvalue weighted by Gasteiger charge is 2.28. The van der Waals surface area contributed by atoms with Crippen molar-refractivity contribution in [3.8, 4) is 0 Å². The molecule has 1 aromatic heterocycles. The van der Waals surface area contributed by atoms with Crippen LogP contribution < -0.4 is 5.48 Å². The van der Waals surface area contributed by atoms with Gasteiger partial charge >= 0.3 is 0 Å². The van der Waals surface area contributed by atoms with Crippen LogP contribution in [0.1, 0.15) is 41.9 Å². The van der Waals surface area contributed by atoms with E-state index in [0.717, 1.165) is 18.6 Å². The normalized spacial score (nSPS) is 15.5. The van der Waals surface area contributed by atoms with Gasteiger partial charge in [0, 0.05) is 12.0 Å². The van der Waals surface area contributed by atoms with E-state index < -0.39 is 0 Å². The molecule has 0 unspecified atom stereocenters. The molecule has 0 radical (unpaired) electrons. The Balaban J connectivity index is 1.97. The van der Waals surface area contributed by atoms with E-state index in [2.05, 4.69) is 10.6 Å². The molecule has 5 heteroatoms. The molecule has 0 bridgehead atoms. The number of nitrogens with one attached hydrogen (secondary N) is 1. The van der Waals surface area contributed by atoms with Crippen LogP contribution in [0, 0.1) is 0 Å². The van der Waals surface area contributed by atoms with Gasteiger partial charge in [0.05, 0.1) is 6.61 Å². The summed E-state index contributed by atoms with van der Waals surface area (Å²) < 4.78 is 5.02. The number of amides is 1. The summed E-state index contributed by atoms with van der Waals surface area (Å²) in [5.41, 5.74) is 2.54. The van der Waals surface area contributed by atoms with E-state index in [1.54, 1.807) is 13.0 Å². The topological polar surface area (TPSA) is 64.4 Å². The molecule has 2 rings (SSSR count). The Hall–Kier alpha value is -1.36. The SMILES string of the molecule is CCONC(=O)c1cc(C2CC2)on1.